The Kier molecular flexibility index (Phi) is 6.26. The van der Waals surface area contributed by atoms with Gasteiger partial charge in [0.05, 0.1) is 11.5 Å². The highest BCUT2D eigenvalue weighted by Gasteiger charge is 2.48. The fourth-order valence-electron chi connectivity index (χ4n) is 5.91. The largest absolute Gasteiger partial charge is 0.481 e. The lowest BCUT2D eigenvalue weighted by molar-refractivity contribution is -0.146. The Hall–Kier alpha value is -3.35. The Morgan fingerprint density at radius 2 is 1.69 bits per heavy atom. The Balaban J connectivity index is 1.10. The van der Waals surface area contributed by atoms with Gasteiger partial charge in [-0.1, -0.05) is 61.4 Å². The van der Waals surface area contributed by atoms with Crippen molar-refractivity contribution in [2.45, 2.75) is 50.5 Å². The number of ether oxygens (including phenoxy) is 1. The van der Waals surface area contributed by atoms with Gasteiger partial charge in [-0.15, -0.1) is 0 Å². The first-order valence-electron chi connectivity index (χ1n) is 12.5. The number of nitrogens with one attached hydrogen (secondary N) is 2. The molecule has 4 atom stereocenters. The minimum Gasteiger partial charge on any atom is -0.481 e. The van der Waals surface area contributed by atoms with E-state index < -0.39 is 23.5 Å². The van der Waals surface area contributed by atoms with Crippen LogP contribution in [0, 0.1) is 17.8 Å². The van der Waals surface area contributed by atoms with Crippen LogP contribution in [0.1, 0.15) is 56.1 Å². The van der Waals surface area contributed by atoms with Gasteiger partial charge >= 0.3 is 12.1 Å². The van der Waals surface area contributed by atoms with E-state index in [1.807, 2.05) is 31.2 Å². The molecule has 184 valence electrons. The number of aliphatic carboxylic acids is 1. The van der Waals surface area contributed by atoms with Crippen LogP contribution < -0.4 is 10.6 Å². The number of carboxylic acids is 1. The van der Waals surface area contributed by atoms with Crippen molar-refractivity contribution in [2.24, 2.45) is 17.8 Å². The summed E-state index contributed by atoms with van der Waals surface area (Å²) in [6.45, 7) is 2.46. The normalized spacial score (nSPS) is 26.8. The molecular weight excluding hydrogens is 444 g/mol. The maximum atomic E-state index is 12.8. The predicted octanol–water partition coefficient (Wildman–Crippen LogP) is 4.31. The molecule has 2 aromatic carbocycles. The van der Waals surface area contributed by atoms with Crippen molar-refractivity contribution in [3.8, 4) is 11.1 Å². The first-order chi connectivity index (χ1) is 16.9. The molecule has 0 saturated heterocycles. The third-order valence-corrected chi connectivity index (χ3v) is 8.03. The van der Waals surface area contributed by atoms with E-state index in [9.17, 15) is 19.5 Å². The Morgan fingerprint density at radius 3 is 2.34 bits per heavy atom. The molecule has 0 heterocycles. The zero-order valence-corrected chi connectivity index (χ0v) is 20.0. The van der Waals surface area contributed by atoms with E-state index in [0.717, 1.165) is 24.0 Å². The number of hydrogen-bond donors (Lipinski definition) is 3. The number of amides is 2. The summed E-state index contributed by atoms with van der Waals surface area (Å²) in [6.07, 6.45) is 3.25. The molecule has 0 bridgehead atoms. The summed E-state index contributed by atoms with van der Waals surface area (Å²) < 4.78 is 5.58. The third kappa shape index (κ3) is 4.64. The molecule has 0 aliphatic heterocycles. The van der Waals surface area contributed by atoms with E-state index in [2.05, 4.69) is 34.9 Å². The van der Waals surface area contributed by atoms with Gasteiger partial charge in [0, 0.05) is 18.4 Å². The molecule has 2 fully saturated rings. The molecule has 3 N–H and O–H groups in total. The number of carbonyl (C=O) groups excluding carboxylic acids is 2. The minimum absolute atomic E-state index is 0.00557. The van der Waals surface area contributed by atoms with Crippen molar-refractivity contribution in [2.75, 3.05) is 13.2 Å². The molecular formula is C28H32N2O5. The monoisotopic (exact) mass is 476 g/mol. The van der Waals surface area contributed by atoms with Gasteiger partial charge in [0.15, 0.2) is 0 Å². The maximum Gasteiger partial charge on any atom is 0.407 e. The van der Waals surface area contributed by atoms with Crippen LogP contribution in [-0.4, -0.2) is 41.8 Å². The molecule has 0 aromatic heterocycles. The van der Waals surface area contributed by atoms with Gasteiger partial charge in [-0.25, -0.2) is 4.79 Å². The molecule has 7 heteroatoms. The number of hydrogen-bond acceptors (Lipinski definition) is 4. The van der Waals surface area contributed by atoms with Crippen LogP contribution >= 0.6 is 0 Å². The second kappa shape index (κ2) is 9.36. The van der Waals surface area contributed by atoms with E-state index in [1.165, 1.54) is 11.1 Å². The molecule has 3 aliphatic carbocycles. The second-order valence-corrected chi connectivity index (χ2v) is 10.4. The predicted molar refractivity (Wildman–Crippen MR) is 131 cm³/mol. The molecule has 2 amide bonds. The van der Waals surface area contributed by atoms with Crippen LogP contribution in [0.3, 0.4) is 0 Å². The average Bonchev–Trinajstić information content (AvgIpc) is 3.56. The summed E-state index contributed by atoms with van der Waals surface area (Å²) in [5, 5.41) is 15.4. The summed E-state index contributed by atoms with van der Waals surface area (Å²) in [6, 6.07) is 16.4. The molecule has 35 heavy (non-hydrogen) atoms. The summed E-state index contributed by atoms with van der Waals surface area (Å²) in [4.78, 5) is 36.9. The van der Waals surface area contributed by atoms with Crippen molar-refractivity contribution in [3.63, 3.8) is 0 Å². The number of carbonyl (C=O) groups is 3. The van der Waals surface area contributed by atoms with Gasteiger partial charge in [0.25, 0.3) is 0 Å². The highest BCUT2D eigenvalue weighted by atomic mass is 16.5. The number of carboxylic acid groups (broad SMARTS) is 1. The van der Waals surface area contributed by atoms with E-state index in [1.54, 1.807) is 0 Å². The van der Waals surface area contributed by atoms with Crippen LogP contribution in [0.5, 0.6) is 0 Å². The van der Waals surface area contributed by atoms with Crippen LogP contribution in [0.2, 0.25) is 0 Å². The lowest BCUT2D eigenvalue weighted by Crippen LogP contribution is -2.56. The van der Waals surface area contributed by atoms with Gasteiger partial charge < -0.3 is 20.5 Å². The standard InChI is InChI=1S/C28H32N2O5/c1-28(13-7-6-12-24(28)26(32)33)30-25(31)22-14-17(22)15-29-27(34)35-16-23-20-10-4-2-8-18(20)19-9-3-5-11-21(19)23/h2-5,8-11,17,22-24H,6-7,12-16H2,1H3,(H,29,34)(H,30,31)(H,32,33)/t17-,22-,24?,28?/m0/s1. The smallest absolute Gasteiger partial charge is 0.407 e. The van der Waals surface area contributed by atoms with Gasteiger partial charge in [-0.05, 0) is 54.4 Å². The van der Waals surface area contributed by atoms with Gasteiger partial charge in [0.2, 0.25) is 5.91 Å². The second-order valence-electron chi connectivity index (χ2n) is 10.4. The van der Waals surface area contributed by atoms with Crippen LogP contribution in [-0.2, 0) is 14.3 Å². The fourth-order valence-corrected chi connectivity index (χ4v) is 5.91. The quantitative estimate of drug-likeness (QED) is 0.552. The minimum atomic E-state index is -0.850. The van der Waals surface area contributed by atoms with Crippen molar-refractivity contribution in [1.29, 1.82) is 0 Å². The number of fused-ring (bicyclic) bond motifs is 3. The molecule has 2 saturated carbocycles. The van der Waals surface area contributed by atoms with Crippen LogP contribution in [0.4, 0.5) is 4.79 Å². The van der Waals surface area contributed by atoms with E-state index in [-0.39, 0.29) is 30.3 Å². The van der Waals surface area contributed by atoms with Crippen molar-refractivity contribution < 1.29 is 24.2 Å². The topological polar surface area (TPSA) is 105 Å². The highest BCUT2D eigenvalue weighted by molar-refractivity contribution is 5.84. The summed E-state index contributed by atoms with van der Waals surface area (Å²) in [5.74, 6) is -1.66. The Bertz CT molecular complexity index is 1100. The molecule has 2 unspecified atom stereocenters. The molecule has 3 aliphatic rings. The average molecular weight is 477 g/mol. The van der Waals surface area contributed by atoms with Crippen LogP contribution in [0.25, 0.3) is 11.1 Å². The highest BCUT2D eigenvalue weighted by Crippen LogP contribution is 2.44. The molecule has 0 spiro atoms. The summed E-state index contributed by atoms with van der Waals surface area (Å²) >= 11 is 0. The maximum absolute atomic E-state index is 12.8. The van der Waals surface area contributed by atoms with Crippen molar-refractivity contribution in [3.05, 3.63) is 59.7 Å². The lowest BCUT2D eigenvalue weighted by atomic mass is 9.74. The molecule has 2 aromatic rings. The van der Waals surface area contributed by atoms with Crippen molar-refractivity contribution >= 4 is 18.0 Å². The first-order valence-corrected chi connectivity index (χ1v) is 12.5. The van der Waals surface area contributed by atoms with Gasteiger partial charge in [-0.2, -0.15) is 0 Å². The van der Waals surface area contributed by atoms with E-state index in [4.69, 9.17) is 4.74 Å². The number of rotatable bonds is 7. The first kappa shape index (κ1) is 23.4. The number of benzene rings is 2. The zero-order chi connectivity index (χ0) is 24.6. The number of alkyl carbamates (subject to hydrolysis) is 1. The summed E-state index contributed by atoms with van der Waals surface area (Å²) in [7, 11) is 0. The van der Waals surface area contributed by atoms with Gasteiger partial charge in [0.1, 0.15) is 6.61 Å². The lowest BCUT2D eigenvalue weighted by Gasteiger charge is -2.40. The Morgan fingerprint density at radius 1 is 1.03 bits per heavy atom. The SMILES string of the molecule is CC1(NC(=O)[C@H]2C[C@H]2CNC(=O)OCC2c3ccccc3-c3ccccc32)CCCCC1C(=O)O. The fraction of sp³-hybridized carbons (Fsp3) is 0.464. The summed E-state index contributed by atoms with van der Waals surface area (Å²) in [5.41, 5.74) is 3.98. The third-order valence-electron chi connectivity index (χ3n) is 8.03. The molecule has 7 nitrogen and oxygen atoms in total. The Labute approximate surface area is 205 Å². The van der Waals surface area contributed by atoms with Crippen molar-refractivity contribution in [1.82, 2.24) is 10.6 Å². The molecule has 0 radical (unpaired) electrons. The van der Waals surface area contributed by atoms with Gasteiger partial charge in [-0.3, -0.25) is 9.59 Å². The van der Waals surface area contributed by atoms with E-state index >= 15 is 0 Å². The zero-order valence-electron chi connectivity index (χ0n) is 20.0. The van der Waals surface area contributed by atoms with Crippen LogP contribution in [0.15, 0.2) is 48.5 Å². The molecule has 5 rings (SSSR count). The van der Waals surface area contributed by atoms with E-state index in [0.29, 0.717) is 25.8 Å².